The molecule has 2 rings (SSSR count). The Bertz CT molecular complexity index is 512. The summed E-state index contributed by atoms with van der Waals surface area (Å²) in [4.78, 5) is 4.04. The lowest BCUT2D eigenvalue weighted by molar-refractivity contribution is 0.610. The van der Waals surface area contributed by atoms with Crippen LogP contribution in [0.4, 0.5) is 4.39 Å². The Labute approximate surface area is 103 Å². The van der Waals surface area contributed by atoms with Gasteiger partial charge in [0.2, 0.25) is 0 Å². The first-order chi connectivity index (χ1) is 8.20. The first kappa shape index (κ1) is 12.0. The van der Waals surface area contributed by atoms with Crippen molar-refractivity contribution in [3.05, 3.63) is 41.1 Å². The number of nitrogens with one attached hydrogen (secondary N) is 1. The van der Waals surface area contributed by atoms with E-state index in [1.165, 1.54) is 23.1 Å². The normalized spacial score (nSPS) is 10.8. The van der Waals surface area contributed by atoms with E-state index in [1.54, 1.807) is 6.20 Å². The highest BCUT2D eigenvalue weighted by Gasteiger charge is 2.08. The fraction of sp³-hybridized carbons (Fsp3) is 0.273. The summed E-state index contributed by atoms with van der Waals surface area (Å²) in [7, 11) is 0. The average molecular weight is 255 g/mol. The molecule has 1 N–H and O–H groups in total. The molecule has 0 saturated heterocycles. The van der Waals surface area contributed by atoms with Gasteiger partial charge in [0.05, 0.1) is 23.6 Å². The monoisotopic (exact) mass is 254 g/mol. The molecule has 2 heterocycles. The van der Waals surface area contributed by atoms with E-state index in [4.69, 9.17) is 11.6 Å². The predicted molar refractivity (Wildman–Crippen MR) is 63.7 cm³/mol. The minimum absolute atomic E-state index is 0.361. The maximum absolute atomic E-state index is 13.1. The molecule has 0 saturated carbocycles. The van der Waals surface area contributed by atoms with Crippen LogP contribution >= 0.6 is 11.6 Å². The zero-order valence-electron chi connectivity index (χ0n) is 9.32. The molecule has 0 fully saturated rings. The summed E-state index contributed by atoms with van der Waals surface area (Å²) < 4.78 is 14.7. The van der Waals surface area contributed by atoms with Crippen LogP contribution in [0.2, 0.25) is 5.02 Å². The smallest absolute Gasteiger partial charge is 0.158 e. The van der Waals surface area contributed by atoms with Crippen molar-refractivity contribution >= 4 is 11.6 Å². The van der Waals surface area contributed by atoms with E-state index in [9.17, 15) is 4.39 Å². The van der Waals surface area contributed by atoms with Gasteiger partial charge in [0.15, 0.2) is 5.82 Å². The number of hydrogen-bond donors (Lipinski definition) is 1. The second-order valence-corrected chi connectivity index (χ2v) is 3.96. The van der Waals surface area contributed by atoms with E-state index in [1.807, 2.05) is 6.92 Å². The molecule has 17 heavy (non-hydrogen) atoms. The highest BCUT2D eigenvalue weighted by Crippen LogP contribution is 2.15. The molecule has 0 spiro atoms. The molecule has 0 aliphatic carbocycles. The summed E-state index contributed by atoms with van der Waals surface area (Å²) in [6, 6.07) is 1.45. The van der Waals surface area contributed by atoms with Gasteiger partial charge in [0, 0.05) is 12.1 Å². The SMILES string of the molecule is CCNCc1cc(F)cnc1-n1cc(Cl)cn1. The lowest BCUT2D eigenvalue weighted by atomic mass is 10.2. The lowest BCUT2D eigenvalue weighted by Crippen LogP contribution is -2.15. The molecular formula is C11H12ClFN4. The Morgan fingerprint density at radius 1 is 1.47 bits per heavy atom. The number of aromatic nitrogens is 3. The van der Waals surface area contributed by atoms with E-state index in [0.717, 1.165) is 12.1 Å². The van der Waals surface area contributed by atoms with Gasteiger partial charge < -0.3 is 5.32 Å². The second-order valence-electron chi connectivity index (χ2n) is 3.52. The number of rotatable bonds is 4. The van der Waals surface area contributed by atoms with E-state index in [0.29, 0.717) is 17.4 Å². The Morgan fingerprint density at radius 2 is 2.29 bits per heavy atom. The maximum atomic E-state index is 13.1. The molecule has 2 aromatic heterocycles. The van der Waals surface area contributed by atoms with Gasteiger partial charge in [-0.25, -0.2) is 14.1 Å². The highest BCUT2D eigenvalue weighted by atomic mass is 35.5. The minimum Gasteiger partial charge on any atom is -0.313 e. The van der Waals surface area contributed by atoms with Gasteiger partial charge >= 0.3 is 0 Å². The molecule has 2 aromatic rings. The van der Waals surface area contributed by atoms with Crippen molar-refractivity contribution in [1.82, 2.24) is 20.1 Å². The van der Waals surface area contributed by atoms with Gasteiger partial charge in [-0.05, 0) is 12.6 Å². The third-order valence-corrected chi connectivity index (χ3v) is 2.44. The van der Waals surface area contributed by atoms with Crippen LogP contribution < -0.4 is 5.32 Å². The number of hydrogen-bond acceptors (Lipinski definition) is 3. The summed E-state index contributed by atoms with van der Waals surface area (Å²) in [6.45, 7) is 3.32. The molecule has 4 nitrogen and oxygen atoms in total. The van der Waals surface area contributed by atoms with Crippen LogP contribution in [0.5, 0.6) is 0 Å². The average Bonchev–Trinajstić information content (AvgIpc) is 2.73. The van der Waals surface area contributed by atoms with Crippen LogP contribution in [0.15, 0.2) is 24.7 Å². The first-order valence-electron chi connectivity index (χ1n) is 5.26. The number of pyridine rings is 1. The second kappa shape index (κ2) is 5.25. The van der Waals surface area contributed by atoms with Crippen molar-refractivity contribution in [3.8, 4) is 5.82 Å². The van der Waals surface area contributed by atoms with Gasteiger partial charge in [-0.3, -0.25) is 0 Å². The molecule has 0 aromatic carbocycles. The van der Waals surface area contributed by atoms with Crippen LogP contribution in [0.3, 0.4) is 0 Å². The highest BCUT2D eigenvalue weighted by molar-refractivity contribution is 6.30. The van der Waals surface area contributed by atoms with Gasteiger partial charge in [0.25, 0.3) is 0 Å². The van der Waals surface area contributed by atoms with Crippen molar-refractivity contribution in [2.45, 2.75) is 13.5 Å². The fourth-order valence-corrected chi connectivity index (χ4v) is 1.62. The summed E-state index contributed by atoms with van der Waals surface area (Å²) in [5, 5.41) is 7.70. The Morgan fingerprint density at radius 3 is 2.94 bits per heavy atom. The Hall–Kier alpha value is -1.46. The molecule has 0 amide bonds. The molecule has 0 radical (unpaired) electrons. The minimum atomic E-state index is -0.361. The van der Waals surface area contributed by atoms with Crippen LogP contribution in [-0.4, -0.2) is 21.3 Å². The van der Waals surface area contributed by atoms with Gasteiger partial charge in [-0.15, -0.1) is 0 Å². The van der Waals surface area contributed by atoms with Crippen LogP contribution in [-0.2, 0) is 6.54 Å². The maximum Gasteiger partial charge on any atom is 0.158 e. The van der Waals surface area contributed by atoms with Crippen LogP contribution in [0.25, 0.3) is 5.82 Å². The zero-order chi connectivity index (χ0) is 12.3. The molecule has 0 bridgehead atoms. The zero-order valence-corrected chi connectivity index (χ0v) is 10.1. The largest absolute Gasteiger partial charge is 0.313 e. The van der Waals surface area contributed by atoms with Crippen molar-refractivity contribution in [2.75, 3.05) is 6.54 Å². The molecule has 0 unspecified atom stereocenters. The summed E-state index contributed by atoms with van der Waals surface area (Å²) >= 11 is 5.80. The fourth-order valence-electron chi connectivity index (χ4n) is 1.49. The third kappa shape index (κ3) is 2.81. The molecule has 6 heteroatoms. The Balaban J connectivity index is 2.38. The Kier molecular flexibility index (Phi) is 3.71. The van der Waals surface area contributed by atoms with E-state index >= 15 is 0 Å². The molecule has 0 aliphatic heterocycles. The van der Waals surface area contributed by atoms with Crippen molar-refractivity contribution in [1.29, 1.82) is 0 Å². The quantitative estimate of drug-likeness (QED) is 0.909. The van der Waals surface area contributed by atoms with Gasteiger partial charge in [-0.2, -0.15) is 5.10 Å². The number of halogens is 2. The molecule has 90 valence electrons. The lowest BCUT2D eigenvalue weighted by Gasteiger charge is -2.08. The van der Waals surface area contributed by atoms with E-state index in [2.05, 4.69) is 15.4 Å². The van der Waals surface area contributed by atoms with E-state index < -0.39 is 0 Å². The van der Waals surface area contributed by atoms with Crippen molar-refractivity contribution in [3.63, 3.8) is 0 Å². The van der Waals surface area contributed by atoms with Gasteiger partial charge in [0.1, 0.15) is 5.82 Å². The summed E-state index contributed by atoms with van der Waals surface area (Å²) in [5.41, 5.74) is 0.742. The molecule has 0 aliphatic rings. The van der Waals surface area contributed by atoms with Crippen LogP contribution in [0, 0.1) is 5.82 Å². The van der Waals surface area contributed by atoms with Crippen molar-refractivity contribution < 1.29 is 4.39 Å². The third-order valence-electron chi connectivity index (χ3n) is 2.24. The van der Waals surface area contributed by atoms with Gasteiger partial charge in [-0.1, -0.05) is 18.5 Å². The summed E-state index contributed by atoms with van der Waals surface area (Å²) in [5.74, 6) is 0.221. The molecule has 0 atom stereocenters. The van der Waals surface area contributed by atoms with E-state index in [-0.39, 0.29) is 5.82 Å². The van der Waals surface area contributed by atoms with Crippen LogP contribution in [0.1, 0.15) is 12.5 Å². The first-order valence-corrected chi connectivity index (χ1v) is 5.64. The predicted octanol–water partition coefficient (Wildman–Crippen LogP) is 2.17. The van der Waals surface area contributed by atoms with Crippen molar-refractivity contribution in [2.24, 2.45) is 0 Å². The summed E-state index contributed by atoms with van der Waals surface area (Å²) in [6.07, 6.45) is 4.32. The number of nitrogens with zero attached hydrogens (tertiary/aromatic N) is 3. The molecular weight excluding hydrogens is 243 g/mol. The topological polar surface area (TPSA) is 42.7 Å². The standard InChI is InChI=1S/C11H12ClFN4/c1-2-14-4-8-3-10(13)6-15-11(8)17-7-9(12)5-16-17/h3,5-7,14H,2,4H2,1H3.